The van der Waals surface area contributed by atoms with Gasteiger partial charge in [0.2, 0.25) is 0 Å². The van der Waals surface area contributed by atoms with Gasteiger partial charge in [0.25, 0.3) is 5.56 Å². The molecule has 0 amide bonds. The van der Waals surface area contributed by atoms with E-state index in [1.165, 1.54) is 10.7 Å². The summed E-state index contributed by atoms with van der Waals surface area (Å²) in [7, 11) is 1.86. The summed E-state index contributed by atoms with van der Waals surface area (Å²) >= 11 is 0. The fourth-order valence-corrected chi connectivity index (χ4v) is 1.38. The normalized spacial score (nSPS) is 11.3. The molecule has 100 valence electrons. The molecule has 18 heavy (non-hydrogen) atoms. The van der Waals surface area contributed by atoms with Crippen LogP contribution in [0.3, 0.4) is 0 Å². The largest absolute Gasteiger partial charge is 0.481 e. The summed E-state index contributed by atoms with van der Waals surface area (Å²) in [4.78, 5) is 24.7. The van der Waals surface area contributed by atoms with Crippen molar-refractivity contribution in [2.75, 3.05) is 18.5 Å². The highest BCUT2D eigenvalue weighted by Gasteiger charge is 2.28. The monoisotopic (exact) mass is 253 g/mol. The zero-order valence-electron chi connectivity index (χ0n) is 11.2. The fourth-order valence-electron chi connectivity index (χ4n) is 1.38. The van der Waals surface area contributed by atoms with E-state index in [-0.39, 0.29) is 12.1 Å². The number of hydrogen-bond acceptors (Lipinski definition) is 4. The lowest BCUT2D eigenvalue weighted by Gasteiger charge is -2.20. The van der Waals surface area contributed by atoms with E-state index in [1.54, 1.807) is 20.0 Å². The number of aromatic nitrogens is 2. The standard InChI is InChI=1S/C12H19N3O3/c1-5-14(4)9-6-10(16)15(13-7-9)8-12(2,3)11(17)18/h6-7H,5,8H2,1-4H3,(H,17,18). The molecule has 6 heteroatoms. The van der Waals surface area contributed by atoms with E-state index in [0.717, 1.165) is 12.2 Å². The van der Waals surface area contributed by atoms with Gasteiger partial charge >= 0.3 is 5.97 Å². The number of carboxylic acids is 1. The quantitative estimate of drug-likeness (QED) is 0.840. The van der Waals surface area contributed by atoms with E-state index >= 15 is 0 Å². The Morgan fingerprint density at radius 3 is 2.61 bits per heavy atom. The summed E-state index contributed by atoms with van der Waals surface area (Å²) in [6, 6.07) is 1.47. The van der Waals surface area contributed by atoms with Crippen molar-refractivity contribution >= 4 is 11.7 Å². The van der Waals surface area contributed by atoms with Crippen molar-refractivity contribution in [3.8, 4) is 0 Å². The predicted octanol–water partition coefficient (Wildman–Crippen LogP) is 0.810. The Morgan fingerprint density at radius 2 is 2.17 bits per heavy atom. The van der Waals surface area contributed by atoms with E-state index < -0.39 is 11.4 Å². The molecule has 0 aliphatic heterocycles. The van der Waals surface area contributed by atoms with Gasteiger partial charge in [-0.25, -0.2) is 4.68 Å². The fraction of sp³-hybridized carbons (Fsp3) is 0.583. The Bertz CT molecular complexity index is 494. The van der Waals surface area contributed by atoms with Gasteiger partial charge in [0, 0.05) is 19.7 Å². The molecular formula is C12H19N3O3. The zero-order valence-corrected chi connectivity index (χ0v) is 11.2. The van der Waals surface area contributed by atoms with Crippen LogP contribution in [0.15, 0.2) is 17.1 Å². The van der Waals surface area contributed by atoms with Gasteiger partial charge in [-0.1, -0.05) is 0 Å². The third kappa shape index (κ3) is 3.09. The average Bonchev–Trinajstić information content (AvgIpc) is 2.30. The Kier molecular flexibility index (Phi) is 4.11. The SMILES string of the molecule is CCN(C)c1cnn(CC(C)(C)C(=O)O)c(=O)c1. The molecule has 0 bridgehead atoms. The van der Waals surface area contributed by atoms with Crippen LogP contribution in [0.25, 0.3) is 0 Å². The molecule has 0 radical (unpaired) electrons. The lowest BCUT2D eigenvalue weighted by Crippen LogP contribution is -2.35. The zero-order chi connectivity index (χ0) is 13.9. The smallest absolute Gasteiger partial charge is 0.310 e. The Hall–Kier alpha value is -1.85. The van der Waals surface area contributed by atoms with Crippen LogP contribution in [0.2, 0.25) is 0 Å². The molecule has 0 aliphatic carbocycles. The van der Waals surface area contributed by atoms with Crippen LogP contribution in [0.5, 0.6) is 0 Å². The van der Waals surface area contributed by atoms with E-state index in [0.29, 0.717) is 0 Å². The number of hydrogen-bond donors (Lipinski definition) is 1. The molecule has 1 aromatic rings. The van der Waals surface area contributed by atoms with Crippen LogP contribution in [0, 0.1) is 5.41 Å². The van der Waals surface area contributed by atoms with Crippen LogP contribution < -0.4 is 10.5 Å². The van der Waals surface area contributed by atoms with E-state index in [2.05, 4.69) is 5.10 Å². The summed E-state index contributed by atoms with van der Waals surface area (Å²) in [5, 5.41) is 13.0. The van der Waals surface area contributed by atoms with Crippen LogP contribution in [0.4, 0.5) is 5.69 Å². The van der Waals surface area contributed by atoms with Crippen molar-refractivity contribution in [1.29, 1.82) is 0 Å². The minimum absolute atomic E-state index is 0.0529. The third-order valence-corrected chi connectivity index (χ3v) is 2.89. The van der Waals surface area contributed by atoms with Crippen molar-refractivity contribution < 1.29 is 9.90 Å². The molecule has 1 N–H and O–H groups in total. The number of anilines is 1. The average molecular weight is 253 g/mol. The first kappa shape index (κ1) is 14.2. The van der Waals surface area contributed by atoms with Gasteiger partial charge in [0.05, 0.1) is 23.8 Å². The maximum absolute atomic E-state index is 11.8. The first-order valence-corrected chi connectivity index (χ1v) is 5.79. The molecule has 0 spiro atoms. The molecule has 0 unspecified atom stereocenters. The summed E-state index contributed by atoms with van der Waals surface area (Å²) in [5.74, 6) is -0.953. The maximum Gasteiger partial charge on any atom is 0.310 e. The van der Waals surface area contributed by atoms with Crippen molar-refractivity contribution in [1.82, 2.24) is 9.78 Å². The molecule has 0 saturated carbocycles. The van der Waals surface area contributed by atoms with Gasteiger partial charge in [-0.2, -0.15) is 5.10 Å². The minimum atomic E-state index is -1.02. The van der Waals surface area contributed by atoms with Crippen molar-refractivity contribution in [3.05, 3.63) is 22.6 Å². The predicted molar refractivity (Wildman–Crippen MR) is 68.9 cm³/mol. The van der Waals surface area contributed by atoms with Gasteiger partial charge in [-0.3, -0.25) is 9.59 Å². The van der Waals surface area contributed by atoms with Crippen LogP contribution in [0.1, 0.15) is 20.8 Å². The highest BCUT2D eigenvalue weighted by atomic mass is 16.4. The summed E-state index contributed by atoms with van der Waals surface area (Å²) < 4.78 is 1.18. The second-order valence-corrected chi connectivity index (χ2v) is 4.91. The third-order valence-electron chi connectivity index (χ3n) is 2.89. The second-order valence-electron chi connectivity index (χ2n) is 4.91. The second kappa shape index (κ2) is 5.20. The molecule has 6 nitrogen and oxygen atoms in total. The lowest BCUT2D eigenvalue weighted by molar-refractivity contribution is -0.147. The molecule has 1 rings (SSSR count). The van der Waals surface area contributed by atoms with Crippen molar-refractivity contribution in [2.45, 2.75) is 27.3 Å². The highest BCUT2D eigenvalue weighted by molar-refractivity contribution is 5.73. The highest BCUT2D eigenvalue weighted by Crippen LogP contribution is 2.17. The molecule has 1 aromatic heterocycles. The van der Waals surface area contributed by atoms with Crippen LogP contribution >= 0.6 is 0 Å². The first-order valence-electron chi connectivity index (χ1n) is 5.79. The summed E-state index contributed by atoms with van der Waals surface area (Å²) in [6.45, 7) is 5.92. The number of aliphatic carboxylic acids is 1. The molecule has 0 aromatic carbocycles. The lowest BCUT2D eigenvalue weighted by atomic mass is 9.94. The Balaban J connectivity index is 3.01. The maximum atomic E-state index is 11.8. The molecule has 1 heterocycles. The Morgan fingerprint density at radius 1 is 1.56 bits per heavy atom. The molecule has 0 atom stereocenters. The van der Waals surface area contributed by atoms with E-state index in [9.17, 15) is 9.59 Å². The molecule has 0 aliphatic rings. The van der Waals surface area contributed by atoms with Crippen molar-refractivity contribution in [3.63, 3.8) is 0 Å². The van der Waals surface area contributed by atoms with Gasteiger partial charge in [0.1, 0.15) is 0 Å². The van der Waals surface area contributed by atoms with Crippen LogP contribution in [-0.4, -0.2) is 34.4 Å². The number of carboxylic acid groups (broad SMARTS) is 1. The summed E-state index contributed by atoms with van der Waals surface area (Å²) in [6.07, 6.45) is 1.57. The van der Waals surface area contributed by atoms with Gasteiger partial charge in [-0.05, 0) is 20.8 Å². The van der Waals surface area contributed by atoms with Crippen molar-refractivity contribution in [2.24, 2.45) is 5.41 Å². The number of nitrogens with zero attached hydrogens (tertiary/aromatic N) is 3. The van der Waals surface area contributed by atoms with E-state index in [4.69, 9.17) is 5.11 Å². The number of carbonyl (C=O) groups is 1. The first-order chi connectivity index (χ1) is 8.27. The Labute approximate surface area is 106 Å². The minimum Gasteiger partial charge on any atom is -0.481 e. The summed E-state index contributed by atoms with van der Waals surface area (Å²) in [5.41, 5.74) is -0.580. The van der Waals surface area contributed by atoms with Gasteiger partial charge in [0.15, 0.2) is 0 Å². The van der Waals surface area contributed by atoms with E-state index in [1.807, 2.05) is 18.9 Å². The molecule has 0 saturated heterocycles. The molecule has 0 fully saturated rings. The van der Waals surface area contributed by atoms with Gasteiger partial charge in [-0.15, -0.1) is 0 Å². The number of rotatable bonds is 5. The van der Waals surface area contributed by atoms with Crippen LogP contribution in [-0.2, 0) is 11.3 Å². The van der Waals surface area contributed by atoms with Gasteiger partial charge < -0.3 is 10.0 Å². The topological polar surface area (TPSA) is 75.4 Å². The molecular weight excluding hydrogens is 234 g/mol.